The second-order valence-corrected chi connectivity index (χ2v) is 7.55. The van der Waals surface area contributed by atoms with Crippen LogP contribution in [-0.2, 0) is 0 Å². The fourth-order valence-electron chi connectivity index (χ4n) is 3.89. The smallest absolute Gasteiger partial charge is 0.254 e. The topological polar surface area (TPSA) is 54.2 Å². The van der Waals surface area contributed by atoms with Crippen molar-refractivity contribution in [3.05, 3.63) is 78.4 Å². The van der Waals surface area contributed by atoms with Crippen molar-refractivity contribution in [1.29, 1.82) is 0 Å². The molecule has 0 aliphatic carbocycles. The minimum Gasteiger partial charge on any atom is -0.490 e. The summed E-state index contributed by atoms with van der Waals surface area (Å²) in [6.07, 6.45) is -0.541. The average molecular weight is 391 g/mol. The van der Waals surface area contributed by atoms with Crippen molar-refractivity contribution in [3.63, 3.8) is 0 Å². The predicted molar refractivity (Wildman–Crippen MR) is 113 cm³/mol. The number of nitrogens with zero attached hydrogens (tertiary/aromatic N) is 1. The maximum absolute atomic E-state index is 12.5. The van der Waals surface area contributed by atoms with Gasteiger partial charge < -0.3 is 19.6 Å². The average Bonchev–Trinajstić information content (AvgIpc) is 2.78. The maximum Gasteiger partial charge on any atom is 0.254 e. The van der Waals surface area contributed by atoms with E-state index in [1.807, 2.05) is 65.6 Å². The van der Waals surface area contributed by atoms with Crippen LogP contribution in [0.3, 0.4) is 0 Å². The van der Waals surface area contributed by atoms with Crippen LogP contribution in [0.25, 0.3) is 10.8 Å². The third kappa shape index (κ3) is 4.75. The lowest BCUT2D eigenvalue weighted by molar-refractivity contribution is -0.907. The summed E-state index contributed by atoms with van der Waals surface area (Å²) in [5, 5.41) is 12.6. The number of nitrogens with one attached hydrogen (secondary N) is 1. The van der Waals surface area contributed by atoms with Crippen LogP contribution in [0, 0.1) is 0 Å². The van der Waals surface area contributed by atoms with Crippen molar-refractivity contribution in [2.75, 3.05) is 39.3 Å². The van der Waals surface area contributed by atoms with Gasteiger partial charge in [-0.3, -0.25) is 4.79 Å². The van der Waals surface area contributed by atoms with Gasteiger partial charge in [0.1, 0.15) is 25.0 Å². The van der Waals surface area contributed by atoms with Gasteiger partial charge in [0.2, 0.25) is 0 Å². The molecular formula is C24H27N2O3+. The second kappa shape index (κ2) is 9.07. The minimum atomic E-state index is -0.541. The van der Waals surface area contributed by atoms with E-state index in [-0.39, 0.29) is 12.5 Å². The van der Waals surface area contributed by atoms with Crippen molar-refractivity contribution in [3.8, 4) is 5.75 Å². The van der Waals surface area contributed by atoms with Gasteiger partial charge in [0, 0.05) is 10.9 Å². The number of benzene rings is 3. The number of fused-ring (bicyclic) bond motifs is 1. The molecule has 0 radical (unpaired) electrons. The van der Waals surface area contributed by atoms with E-state index in [9.17, 15) is 9.90 Å². The van der Waals surface area contributed by atoms with Crippen LogP contribution in [0.15, 0.2) is 72.8 Å². The van der Waals surface area contributed by atoms with Gasteiger partial charge in [0.05, 0.1) is 26.2 Å². The van der Waals surface area contributed by atoms with Gasteiger partial charge in [-0.15, -0.1) is 0 Å². The molecular weight excluding hydrogens is 364 g/mol. The molecule has 1 atom stereocenters. The van der Waals surface area contributed by atoms with Crippen LogP contribution in [0.1, 0.15) is 10.4 Å². The monoisotopic (exact) mass is 391 g/mol. The zero-order valence-corrected chi connectivity index (χ0v) is 16.5. The Bertz CT molecular complexity index is 947. The van der Waals surface area contributed by atoms with Gasteiger partial charge in [-0.05, 0) is 23.6 Å². The summed E-state index contributed by atoms with van der Waals surface area (Å²) in [5.41, 5.74) is 0.736. The van der Waals surface area contributed by atoms with E-state index in [1.54, 1.807) is 0 Å². The lowest BCUT2D eigenvalue weighted by Gasteiger charge is -2.33. The van der Waals surface area contributed by atoms with Crippen LogP contribution in [0.4, 0.5) is 0 Å². The second-order valence-electron chi connectivity index (χ2n) is 7.55. The van der Waals surface area contributed by atoms with Crippen molar-refractivity contribution < 1.29 is 19.5 Å². The molecule has 3 aromatic carbocycles. The number of aliphatic hydroxyl groups is 1. The van der Waals surface area contributed by atoms with E-state index in [0.717, 1.165) is 35.2 Å². The third-order valence-electron chi connectivity index (χ3n) is 5.48. The molecule has 5 heteroatoms. The van der Waals surface area contributed by atoms with E-state index in [0.29, 0.717) is 19.6 Å². The Labute approximate surface area is 171 Å². The highest BCUT2D eigenvalue weighted by Crippen LogP contribution is 2.25. The molecule has 150 valence electrons. The van der Waals surface area contributed by atoms with Crippen molar-refractivity contribution in [2.45, 2.75) is 6.10 Å². The fourth-order valence-corrected chi connectivity index (χ4v) is 3.89. The molecule has 0 unspecified atom stereocenters. The first kappa shape index (κ1) is 19.4. The Morgan fingerprint density at radius 2 is 1.66 bits per heavy atom. The molecule has 1 fully saturated rings. The molecule has 3 aromatic rings. The Morgan fingerprint density at radius 3 is 2.45 bits per heavy atom. The first-order valence-corrected chi connectivity index (χ1v) is 10.2. The van der Waals surface area contributed by atoms with Crippen LogP contribution >= 0.6 is 0 Å². The lowest BCUT2D eigenvalue weighted by atomic mass is 10.1. The number of carbonyl (C=O) groups is 1. The van der Waals surface area contributed by atoms with E-state index >= 15 is 0 Å². The number of quaternary nitrogens is 1. The lowest BCUT2D eigenvalue weighted by Crippen LogP contribution is -3.16. The van der Waals surface area contributed by atoms with Gasteiger partial charge in [0.25, 0.3) is 5.91 Å². The molecule has 0 spiro atoms. The van der Waals surface area contributed by atoms with E-state index in [1.165, 1.54) is 4.90 Å². The van der Waals surface area contributed by atoms with E-state index in [2.05, 4.69) is 12.1 Å². The molecule has 2 N–H and O–H groups in total. The highest BCUT2D eigenvalue weighted by molar-refractivity contribution is 5.94. The number of piperazine rings is 1. The van der Waals surface area contributed by atoms with Crippen LogP contribution < -0.4 is 9.64 Å². The number of hydrogen-bond donors (Lipinski definition) is 2. The van der Waals surface area contributed by atoms with Gasteiger partial charge in [0.15, 0.2) is 0 Å². The maximum atomic E-state index is 12.5. The highest BCUT2D eigenvalue weighted by Gasteiger charge is 2.26. The number of aliphatic hydroxyl groups excluding tert-OH is 1. The number of hydrogen-bond acceptors (Lipinski definition) is 3. The predicted octanol–water partition coefficient (Wildman–Crippen LogP) is 1.62. The summed E-state index contributed by atoms with van der Waals surface area (Å²) >= 11 is 0. The summed E-state index contributed by atoms with van der Waals surface area (Å²) in [7, 11) is 0. The summed E-state index contributed by atoms with van der Waals surface area (Å²) in [4.78, 5) is 15.7. The molecule has 0 aromatic heterocycles. The Hall–Kier alpha value is -2.89. The summed E-state index contributed by atoms with van der Waals surface area (Å²) < 4.78 is 5.91. The standard InChI is InChI=1S/C24H26N2O3/c27-21(18-29-23-12-6-10-19-7-4-5-11-22(19)23)17-25-13-15-26(16-14-25)24(28)20-8-2-1-3-9-20/h1-12,21,27H,13-18H2/p+1/t21-/m1/s1. The van der Waals surface area contributed by atoms with E-state index in [4.69, 9.17) is 4.74 Å². The van der Waals surface area contributed by atoms with E-state index < -0.39 is 6.10 Å². The molecule has 1 aliphatic rings. The zero-order valence-electron chi connectivity index (χ0n) is 16.5. The van der Waals surface area contributed by atoms with Crippen LogP contribution in [-0.4, -0.2) is 61.3 Å². The molecule has 1 saturated heterocycles. The van der Waals surface area contributed by atoms with Gasteiger partial charge in [-0.1, -0.05) is 54.6 Å². The molecule has 0 saturated carbocycles. The number of amides is 1. The molecule has 1 amide bonds. The number of rotatable bonds is 6. The third-order valence-corrected chi connectivity index (χ3v) is 5.48. The molecule has 1 heterocycles. The van der Waals surface area contributed by atoms with Crippen LogP contribution in [0.5, 0.6) is 5.75 Å². The van der Waals surface area contributed by atoms with Gasteiger partial charge >= 0.3 is 0 Å². The molecule has 4 rings (SSSR count). The highest BCUT2D eigenvalue weighted by atomic mass is 16.5. The summed E-state index contributed by atoms with van der Waals surface area (Å²) in [6.45, 7) is 3.98. The van der Waals surface area contributed by atoms with Crippen molar-refractivity contribution in [2.24, 2.45) is 0 Å². The Balaban J connectivity index is 1.26. The van der Waals surface area contributed by atoms with Gasteiger partial charge in [-0.25, -0.2) is 0 Å². The molecule has 1 aliphatic heterocycles. The SMILES string of the molecule is O=C(c1ccccc1)N1CC[NH+](C[C@@H](O)COc2cccc3ccccc23)CC1. The van der Waals surface area contributed by atoms with Crippen molar-refractivity contribution >= 4 is 16.7 Å². The minimum absolute atomic E-state index is 0.0875. The summed E-state index contributed by atoms with van der Waals surface area (Å²) in [6, 6.07) is 23.5. The first-order chi connectivity index (χ1) is 14.2. The Kier molecular flexibility index (Phi) is 6.08. The number of carbonyl (C=O) groups excluding carboxylic acids is 1. The van der Waals surface area contributed by atoms with Crippen LogP contribution in [0.2, 0.25) is 0 Å². The van der Waals surface area contributed by atoms with Crippen molar-refractivity contribution in [1.82, 2.24) is 4.90 Å². The largest absolute Gasteiger partial charge is 0.490 e. The number of ether oxygens (including phenoxy) is 1. The molecule has 29 heavy (non-hydrogen) atoms. The molecule has 5 nitrogen and oxygen atoms in total. The quantitative estimate of drug-likeness (QED) is 0.672. The summed E-state index contributed by atoms with van der Waals surface area (Å²) in [5.74, 6) is 0.889. The zero-order chi connectivity index (χ0) is 20.1. The Morgan fingerprint density at radius 1 is 0.966 bits per heavy atom. The normalized spacial score (nSPS) is 16.0. The fraction of sp³-hybridized carbons (Fsp3) is 0.292. The first-order valence-electron chi connectivity index (χ1n) is 10.2. The molecule has 0 bridgehead atoms. The van der Waals surface area contributed by atoms with Gasteiger partial charge in [-0.2, -0.15) is 0 Å².